The Morgan fingerprint density at radius 2 is 2.15 bits per heavy atom. The van der Waals surface area contributed by atoms with E-state index in [1.54, 1.807) is 25.1 Å². The summed E-state index contributed by atoms with van der Waals surface area (Å²) >= 11 is 0. The minimum Gasteiger partial charge on any atom is -0.465 e. The van der Waals surface area contributed by atoms with E-state index >= 15 is 0 Å². The Morgan fingerprint density at radius 1 is 1.40 bits per heavy atom. The highest BCUT2D eigenvalue weighted by Gasteiger charge is 2.40. The maximum absolute atomic E-state index is 12.2. The molecule has 0 radical (unpaired) electrons. The van der Waals surface area contributed by atoms with Crippen molar-refractivity contribution >= 4 is 5.97 Å². The van der Waals surface area contributed by atoms with Gasteiger partial charge in [-0.25, -0.2) is 0 Å². The molecule has 1 heterocycles. The quantitative estimate of drug-likeness (QED) is 0.832. The molecule has 5 nitrogen and oxygen atoms in total. The molecule has 0 saturated heterocycles. The van der Waals surface area contributed by atoms with Gasteiger partial charge in [0.25, 0.3) is 0 Å². The number of aliphatic hydroxyl groups excluding tert-OH is 1. The Kier molecular flexibility index (Phi) is 3.53. The summed E-state index contributed by atoms with van der Waals surface area (Å²) in [5.41, 5.74) is 0.715. The fourth-order valence-electron chi connectivity index (χ4n) is 2.52. The molecule has 1 aromatic carbocycles. The van der Waals surface area contributed by atoms with Crippen LogP contribution in [0.25, 0.3) is 0 Å². The van der Waals surface area contributed by atoms with E-state index < -0.39 is 12.0 Å². The van der Waals surface area contributed by atoms with E-state index in [9.17, 15) is 9.90 Å². The lowest BCUT2D eigenvalue weighted by atomic mass is 9.90. The largest absolute Gasteiger partial charge is 0.465 e. The van der Waals surface area contributed by atoms with E-state index in [1.807, 2.05) is 0 Å². The molecule has 0 aromatic heterocycles. The van der Waals surface area contributed by atoms with Crippen molar-refractivity contribution < 1.29 is 24.1 Å². The molecule has 1 aromatic rings. The van der Waals surface area contributed by atoms with Crippen LogP contribution in [0.2, 0.25) is 0 Å². The first-order chi connectivity index (χ1) is 9.70. The van der Waals surface area contributed by atoms with Crippen molar-refractivity contribution in [1.29, 1.82) is 0 Å². The molecular formula is C15H18O5. The monoisotopic (exact) mass is 278 g/mol. The van der Waals surface area contributed by atoms with Crippen LogP contribution in [-0.2, 0) is 9.53 Å². The zero-order valence-corrected chi connectivity index (χ0v) is 11.4. The van der Waals surface area contributed by atoms with Crippen molar-refractivity contribution in [2.45, 2.75) is 31.8 Å². The van der Waals surface area contributed by atoms with Crippen molar-refractivity contribution in [3.63, 3.8) is 0 Å². The molecule has 0 amide bonds. The van der Waals surface area contributed by atoms with Crippen LogP contribution in [0.1, 0.15) is 31.2 Å². The molecule has 20 heavy (non-hydrogen) atoms. The first kappa shape index (κ1) is 13.2. The minimum atomic E-state index is -0.700. The zero-order valence-electron chi connectivity index (χ0n) is 11.4. The molecule has 2 atom stereocenters. The lowest BCUT2D eigenvalue weighted by Gasteiger charge is -2.21. The highest BCUT2D eigenvalue weighted by Crippen LogP contribution is 2.42. The van der Waals surface area contributed by atoms with Gasteiger partial charge in [0, 0.05) is 0 Å². The van der Waals surface area contributed by atoms with Gasteiger partial charge in [-0.2, -0.15) is 0 Å². The summed E-state index contributed by atoms with van der Waals surface area (Å²) in [5, 5.41) is 10.4. The van der Waals surface area contributed by atoms with Crippen LogP contribution >= 0.6 is 0 Å². The second-order valence-electron chi connectivity index (χ2n) is 5.17. The molecule has 0 spiro atoms. The number of aliphatic hydroxyl groups is 1. The van der Waals surface area contributed by atoms with E-state index in [0.29, 0.717) is 23.7 Å². The fraction of sp³-hybridized carbons (Fsp3) is 0.533. The van der Waals surface area contributed by atoms with Crippen LogP contribution in [-0.4, -0.2) is 30.6 Å². The highest BCUT2D eigenvalue weighted by atomic mass is 16.7. The van der Waals surface area contributed by atoms with Gasteiger partial charge in [-0.1, -0.05) is 6.07 Å². The molecule has 1 aliphatic heterocycles. The van der Waals surface area contributed by atoms with E-state index in [-0.39, 0.29) is 18.7 Å². The Hall–Kier alpha value is -1.75. The number of carbonyl (C=O) groups is 1. The van der Waals surface area contributed by atoms with E-state index in [2.05, 4.69) is 0 Å². The predicted octanol–water partition coefficient (Wildman–Crippen LogP) is 1.83. The van der Waals surface area contributed by atoms with Gasteiger partial charge in [0.1, 0.15) is 5.92 Å². The van der Waals surface area contributed by atoms with E-state index in [4.69, 9.17) is 14.2 Å². The number of rotatable bonds is 5. The van der Waals surface area contributed by atoms with Crippen molar-refractivity contribution in [3.8, 4) is 11.5 Å². The molecule has 1 fully saturated rings. The number of carbonyl (C=O) groups excluding carboxylic acids is 1. The first-order valence-electron chi connectivity index (χ1n) is 6.95. The van der Waals surface area contributed by atoms with Crippen LogP contribution in [0.15, 0.2) is 18.2 Å². The number of hydrogen-bond donors (Lipinski definition) is 1. The average molecular weight is 278 g/mol. The Labute approximate surface area is 117 Å². The standard InChI is InChI=1S/C15H18O5/c1-2-18-15(17)13(14(16)9-3-4-9)10-5-6-11-12(7-10)20-8-19-11/h5-7,9,13-14,16H,2-4,8H2,1H3. The fourth-order valence-corrected chi connectivity index (χ4v) is 2.52. The van der Waals surface area contributed by atoms with Gasteiger partial charge >= 0.3 is 5.97 Å². The van der Waals surface area contributed by atoms with Gasteiger partial charge in [-0.05, 0) is 43.4 Å². The number of benzene rings is 1. The lowest BCUT2D eigenvalue weighted by Crippen LogP contribution is -2.29. The van der Waals surface area contributed by atoms with Crippen LogP contribution in [0, 0.1) is 5.92 Å². The maximum atomic E-state index is 12.2. The number of fused-ring (bicyclic) bond motifs is 1. The Balaban J connectivity index is 1.89. The second-order valence-corrected chi connectivity index (χ2v) is 5.17. The summed E-state index contributed by atoms with van der Waals surface area (Å²) in [6, 6.07) is 5.32. The molecular weight excluding hydrogens is 260 g/mol. The van der Waals surface area contributed by atoms with Gasteiger partial charge in [-0.3, -0.25) is 4.79 Å². The SMILES string of the molecule is CCOC(=O)C(c1ccc2c(c1)OCO2)C(O)C1CC1. The summed E-state index contributed by atoms with van der Waals surface area (Å²) < 4.78 is 15.7. The highest BCUT2D eigenvalue weighted by molar-refractivity contribution is 5.79. The zero-order chi connectivity index (χ0) is 14.1. The molecule has 1 N–H and O–H groups in total. The second kappa shape index (κ2) is 5.32. The normalized spacial score (nSPS) is 19.5. The molecule has 1 saturated carbocycles. The predicted molar refractivity (Wildman–Crippen MR) is 70.7 cm³/mol. The third-order valence-electron chi connectivity index (χ3n) is 3.74. The average Bonchev–Trinajstić information content (AvgIpc) is 3.18. The number of ether oxygens (including phenoxy) is 3. The maximum Gasteiger partial charge on any atom is 0.316 e. The van der Waals surface area contributed by atoms with Crippen molar-refractivity contribution in [1.82, 2.24) is 0 Å². The summed E-state index contributed by atoms with van der Waals surface area (Å²) in [5.74, 6) is 0.426. The first-order valence-corrected chi connectivity index (χ1v) is 6.95. The number of esters is 1. The van der Waals surface area contributed by atoms with Crippen LogP contribution in [0.3, 0.4) is 0 Å². The van der Waals surface area contributed by atoms with Gasteiger partial charge in [0.05, 0.1) is 12.7 Å². The summed E-state index contributed by atoms with van der Waals surface area (Å²) in [4.78, 5) is 12.2. The number of hydrogen-bond acceptors (Lipinski definition) is 5. The third kappa shape index (κ3) is 2.45. The smallest absolute Gasteiger partial charge is 0.316 e. The molecule has 0 bridgehead atoms. The van der Waals surface area contributed by atoms with Gasteiger partial charge in [0.2, 0.25) is 6.79 Å². The minimum absolute atomic E-state index is 0.189. The van der Waals surface area contributed by atoms with Crippen molar-refractivity contribution in [2.24, 2.45) is 5.92 Å². The molecule has 1 aliphatic carbocycles. The van der Waals surface area contributed by atoms with Crippen LogP contribution in [0.4, 0.5) is 0 Å². The molecule has 108 valence electrons. The van der Waals surface area contributed by atoms with Gasteiger partial charge < -0.3 is 19.3 Å². The van der Waals surface area contributed by atoms with Crippen molar-refractivity contribution in [2.75, 3.05) is 13.4 Å². The van der Waals surface area contributed by atoms with E-state index in [0.717, 1.165) is 12.8 Å². The topological polar surface area (TPSA) is 65.0 Å². The molecule has 3 rings (SSSR count). The molecule has 2 aliphatic rings. The summed E-state index contributed by atoms with van der Waals surface area (Å²) in [6.45, 7) is 2.25. The van der Waals surface area contributed by atoms with Crippen LogP contribution < -0.4 is 9.47 Å². The van der Waals surface area contributed by atoms with Gasteiger partial charge in [-0.15, -0.1) is 0 Å². The Bertz CT molecular complexity index is 509. The lowest BCUT2D eigenvalue weighted by molar-refractivity contribution is -0.148. The van der Waals surface area contributed by atoms with Crippen molar-refractivity contribution in [3.05, 3.63) is 23.8 Å². The molecule has 5 heteroatoms. The summed E-state index contributed by atoms with van der Waals surface area (Å²) in [7, 11) is 0. The molecule has 2 unspecified atom stereocenters. The Morgan fingerprint density at radius 3 is 2.85 bits per heavy atom. The summed E-state index contributed by atoms with van der Waals surface area (Å²) in [6.07, 6.45) is 1.22. The third-order valence-corrected chi connectivity index (χ3v) is 3.74. The van der Waals surface area contributed by atoms with E-state index in [1.165, 1.54) is 0 Å². The van der Waals surface area contributed by atoms with Crippen LogP contribution in [0.5, 0.6) is 11.5 Å². The van der Waals surface area contributed by atoms with Gasteiger partial charge in [0.15, 0.2) is 11.5 Å².